The molecule has 0 aliphatic rings. The predicted octanol–water partition coefficient (Wildman–Crippen LogP) is 0.723. The highest BCUT2D eigenvalue weighted by atomic mass is 16.7. The Balaban J connectivity index is 2.47. The molecule has 0 aliphatic carbocycles. The minimum Gasteiger partial charge on any atom is -0.480 e. The van der Waals surface area contributed by atoms with E-state index in [0.29, 0.717) is 13.2 Å². The van der Waals surface area contributed by atoms with Gasteiger partial charge in [0, 0.05) is 6.42 Å². The number of benzene rings is 1. The summed E-state index contributed by atoms with van der Waals surface area (Å²) in [6.07, 6.45) is 0.392. The van der Waals surface area contributed by atoms with Crippen LogP contribution in [0.25, 0.3) is 0 Å². The van der Waals surface area contributed by atoms with Crippen LogP contribution in [0.3, 0.4) is 0 Å². The zero-order valence-corrected chi connectivity index (χ0v) is 10.1. The van der Waals surface area contributed by atoms with E-state index in [0.717, 1.165) is 5.56 Å². The van der Waals surface area contributed by atoms with Gasteiger partial charge in [0.05, 0.1) is 0 Å². The van der Waals surface area contributed by atoms with Gasteiger partial charge in [-0.15, -0.1) is 0 Å². The van der Waals surface area contributed by atoms with Gasteiger partial charge in [0.2, 0.25) is 0 Å². The molecule has 0 radical (unpaired) electrons. The second kappa shape index (κ2) is 7.01. The minimum atomic E-state index is -0.924. The van der Waals surface area contributed by atoms with E-state index in [-0.39, 0.29) is 0 Å². The van der Waals surface area contributed by atoms with Crippen molar-refractivity contribution in [1.82, 2.24) is 10.4 Å². The lowest BCUT2D eigenvalue weighted by Crippen LogP contribution is -2.40. The summed E-state index contributed by atoms with van der Waals surface area (Å²) in [5.74, 6) is -0.924. The highest BCUT2D eigenvalue weighted by Crippen LogP contribution is 2.03. The topological polar surface area (TPSA) is 61.8 Å². The smallest absolute Gasteiger partial charge is 0.323 e. The van der Waals surface area contributed by atoms with Crippen molar-refractivity contribution < 1.29 is 14.7 Å². The fourth-order valence-corrected chi connectivity index (χ4v) is 1.30. The van der Waals surface area contributed by atoms with Crippen LogP contribution < -0.4 is 5.48 Å². The van der Waals surface area contributed by atoms with Crippen LogP contribution in [0.1, 0.15) is 5.56 Å². The van der Waals surface area contributed by atoms with Crippen LogP contribution in [-0.2, 0) is 16.1 Å². The molecule has 0 bridgehead atoms. The number of carboxylic acids is 1. The van der Waals surface area contributed by atoms with Crippen molar-refractivity contribution in [2.24, 2.45) is 0 Å². The van der Waals surface area contributed by atoms with Crippen LogP contribution >= 0.6 is 0 Å². The summed E-state index contributed by atoms with van der Waals surface area (Å²) in [6.45, 7) is 0.332. The molecule has 94 valence electrons. The molecule has 1 aromatic rings. The van der Waals surface area contributed by atoms with Crippen molar-refractivity contribution in [3.63, 3.8) is 0 Å². The van der Waals surface area contributed by atoms with Gasteiger partial charge in [-0.25, -0.2) is 0 Å². The van der Waals surface area contributed by atoms with E-state index >= 15 is 0 Å². The van der Waals surface area contributed by atoms with Crippen molar-refractivity contribution in [2.45, 2.75) is 12.5 Å². The SMILES string of the molecule is CN(C)CON[C@@H](Cc1ccccc1)C(=O)O. The molecule has 0 spiro atoms. The molecular weight excluding hydrogens is 220 g/mol. The van der Waals surface area contributed by atoms with Gasteiger partial charge in [-0.2, -0.15) is 5.48 Å². The van der Waals surface area contributed by atoms with Crippen molar-refractivity contribution in [3.05, 3.63) is 35.9 Å². The van der Waals surface area contributed by atoms with Gasteiger partial charge in [0.25, 0.3) is 0 Å². The molecule has 1 atom stereocenters. The Morgan fingerprint density at radius 2 is 2.06 bits per heavy atom. The van der Waals surface area contributed by atoms with Gasteiger partial charge in [-0.05, 0) is 19.7 Å². The molecule has 5 nitrogen and oxygen atoms in total. The summed E-state index contributed by atoms with van der Waals surface area (Å²) in [5.41, 5.74) is 3.52. The third-order valence-corrected chi connectivity index (χ3v) is 2.13. The van der Waals surface area contributed by atoms with Crippen LogP contribution in [0, 0.1) is 0 Å². The maximum Gasteiger partial charge on any atom is 0.323 e. The van der Waals surface area contributed by atoms with Gasteiger partial charge in [-0.3, -0.25) is 14.5 Å². The predicted molar refractivity (Wildman–Crippen MR) is 64.3 cm³/mol. The van der Waals surface area contributed by atoms with Gasteiger partial charge in [0.1, 0.15) is 12.8 Å². The van der Waals surface area contributed by atoms with E-state index in [9.17, 15) is 4.79 Å². The number of nitrogens with one attached hydrogen (secondary N) is 1. The second-order valence-electron chi connectivity index (χ2n) is 4.05. The maximum absolute atomic E-state index is 11.0. The number of nitrogens with zero attached hydrogens (tertiary/aromatic N) is 1. The normalized spacial score (nSPS) is 12.6. The molecular formula is C12H18N2O3. The Bertz CT molecular complexity index is 341. The summed E-state index contributed by atoms with van der Waals surface area (Å²) >= 11 is 0. The third-order valence-electron chi connectivity index (χ3n) is 2.13. The maximum atomic E-state index is 11.0. The van der Waals surface area contributed by atoms with Crippen LogP contribution in [-0.4, -0.2) is 42.8 Å². The summed E-state index contributed by atoms with van der Waals surface area (Å²) in [7, 11) is 3.68. The Morgan fingerprint density at radius 3 is 2.59 bits per heavy atom. The average molecular weight is 238 g/mol. The molecule has 1 aromatic carbocycles. The lowest BCUT2D eigenvalue weighted by atomic mass is 10.1. The lowest BCUT2D eigenvalue weighted by Gasteiger charge is -2.16. The number of rotatable bonds is 7. The summed E-state index contributed by atoms with van der Waals surface area (Å²) in [6, 6.07) is 8.71. The highest BCUT2D eigenvalue weighted by Gasteiger charge is 2.17. The summed E-state index contributed by atoms with van der Waals surface area (Å²) in [5, 5.41) is 9.04. The van der Waals surface area contributed by atoms with Crippen molar-refractivity contribution >= 4 is 5.97 Å². The summed E-state index contributed by atoms with van der Waals surface area (Å²) in [4.78, 5) is 17.9. The monoisotopic (exact) mass is 238 g/mol. The van der Waals surface area contributed by atoms with Crippen molar-refractivity contribution in [1.29, 1.82) is 0 Å². The quantitative estimate of drug-likeness (QED) is 0.541. The average Bonchev–Trinajstić information content (AvgIpc) is 2.28. The molecule has 0 unspecified atom stereocenters. The molecule has 0 aliphatic heterocycles. The first-order valence-electron chi connectivity index (χ1n) is 5.38. The minimum absolute atomic E-state index is 0.332. The van der Waals surface area contributed by atoms with Gasteiger partial charge < -0.3 is 5.11 Å². The molecule has 0 saturated carbocycles. The first-order valence-corrected chi connectivity index (χ1v) is 5.38. The van der Waals surface area contributed by atoms with Crippen LogP contribution in [0.15, 0.2) is 30.3 Å². The number of hydrogen-bond acceptors (Lipinski definition) is 4. The number of hydroxylamine groups is 1. The first kappa shape index (κ1) is 13.6. The third kappa shape index (κ3) is 5.44. The number of carboxylic acid groups (broad SMARTS) is 1. The van der Waals surface area contributed by atoms with Crippen LogP contribution in [0.2, 0.25) is 0 Å². The molecule has 0 heterocycles. The van der Waals surface area contributed by atoms with Crippen LogP contribution in [0.5, 0.6) is 0 Å². The molecule has 17 heavy (non-hydrogen) atoms. The van der Waals surface area contributed by atoms with Crippen molar-refractivity contribution in [3.8, 4) is 0 Å². The van der Waals surface area contributed by atoms with E-state index < -0.39 is 12.0 Å². The largest absolute Gasteiger partial charge is 0.480 e. The molecule has 0 fully saturated rings. The zero-order chi connectivity index (χ0) is 12.7. The molecule has 0 aromatic heterocycles. The lowest BCUT2D eigenvalue weighted by molar-refractivity contribution is -0.145. The fourth-order valence-electron chi connectivity index (χ4n) is 1.30. The van der Waals surface area contributed by atoms with Crippen LogP contribution in [0.4, 0.5) is 0 Å². The molecule has 1 rings (SSSR count). The number of carbonyl (C=O) groups is 1. The molecule has 0 saturated heterocycles. The zero-order valence-electron chi connectivity index (χ0n) is 10.1. The first-order chi connectivity index (χ1) is 8.09. The Morgan fingerprint density at radius 1 is 1.41 bits per heavy atom. The number of hydrogen-bond donors (Lipinski definition) is 2. The van der Waals surface area contributed by atoms with E-state index in [4.69, 9.17) is 9.94 Å². The summed E-state index contributed by atoms with van der Waals surface area (Å²) < 4.78 is 0. The van der Waals surface area contributed by atoms with Gasteiger partial charge >= 0.3 is 5.97 Å². The second-order valence-corrected chi connectivity index (χ2v) is 4.05. The fraction of sp³-hybridized carbons (Fsp3) is 0.417. The molecule has 5 heteroatoms. The number of aliphatic carboxylic acids is 1. The Kier molecular flexibility index (Phi) is 5.62. The van der Waals surface area contributed by atoms with Gasteiger partial charge in [0.15, 0.2) is 0 Å². The van der Waals surface area contributed by atoms with E-state index in [1.807, 2.05) is 44.4 Å². The molecule has 2 N–H and O–H groups in total. The van der Waals surface area contributed by atoms with E-state index in [1.54, 1.807) is 4.90 Å². The highest BCUT2D eigenvalue weighted by molar-refractivity contribution is 5.73. The Labute approximate surface area is 101 Å². The standard InChI is InChI=1S/C12H18N2O3/c1-14(2)9-17-13-11(12(15)16)8-10-6-4-3-5-7-10/h3-7,11,13H,8-9H2,1-2H3,(H,15,16)/t11-/m0/s1. The molecule has 0 amide bonds. The van der Waals surface area contributed by atoms with E-state index in [2.05, 4.69) is 5.48 Å². The van der Waals surface area contributed by atoms with E-state index in [1.165, 1.54) is 0 Å². The Hall–Kier alpha value is -1.43. The van der Waals surface area contributed by atoms with Crippen molar-refractivity contribution in [2.75, 3.05) is 20.8 Å². The van der Waals surface area contributed by atoms with Gasteiger partial charge in [-0.1, -0.05) is 30.3 Å².